The van der Waals surface area contributed by atoms with Gasteiger partial charge in [-0.3, -0.25) is 4.79 Å². The summed E-state index contributed by atoms with van der Waals surface area (Å²) in [6.07, 6.45) is 1.49. The molecule has 0 fully saturated rings. The number of ether oxygens (including phenoxy) is 1. The first-order valence-corrected chi connectivity index (χ1v) is 10.5. The Kier molecular flexibility index (Phi) is 6.22. The summed E-state index contributed by atoms with van der Waals surface area (Å²) in [6.45, 7) is 4.01. The van der Waals surface area contributed by atoms with Crippen molar-refractivity contribution in [2.24, 2.45) is 0 Å². The second-order valence-electron chi connectivity index (χ2n) is 7.75. The van der Waals surface area contributed by atoms with Gasteiger partial charge in [-0.05, 0) is 60.9 Å². The van der Waals surface area contributed by atoms with Crippen LogP contribution in [0.15, 0.2) is 79.0 Å². The SMILES string of the molecule is Cc1ccc(NC(=O)[C@H](Cc2c[nH]c3ccccc23)NC(=O)Oc2ccccc2)cc1C. The molecule has 0 aliphatic carbocycles. The molecule has 32 heavy (non-hydrogen) atoms. The molecule has 0 saturated heterocycles. The first-order valence-electron chi connectivity index (χ1n) is 10.5. The zero-order valence-electron chi connectivity index (χ0n) is 18.0. The Labute approximate surface area is 186 Å². The van der Waals surface area contributed by atoms with E-state index in [2.05, 4.69) is 15.6 Å². The predicted molar refractivity (Wildman–Crippen MR) is 126 cm³/mol. The first-order chi connectivity index (χ1) is 15.5. The van der Waals surface area contributed by atoms with Crippen LogP contribution >= 0.6 is 0 Å². The molecule has 0 saturated carbocycles. The minimum Gasteiger partial charge on any atom is -0.410 e. The van der Waals surface area contributed by atoms with Gasteiger partial charge in [0.25, 0.3) is 0 Å². The van der Waals surface area contributed by atoms with Crippen LogP contribution in [0.3, 0.4) is 0 Å². The molecule has 3 aromatic carbocycles. The fourth-order valence-corrected chi connectivity index (χ4v) is 3.55. The van der Waals surface area contributed by atoms with Crippen LogP contribution in [0.2, 0.25) is 0 Å². The van der Waals surface area contributed by atoms with E-state index in [4.69, 9.17) is 4.74 Å². The number of H-pyrrole nitrogens is 1. The Morgan fingerprint density at radius 1 is 0.938 bits per heavy atom. The molecule has 6 nitrogen and oxygen atoms in total. The molecule has 3 N–H and O–H groups in total. The van der Waals surface area contributed by atoms with E-state index in [0.717, 1.165) is 27.6 Å². The van der Waals surface area contributed by atoms with E-state index in [1.165, 1.54) is 0 Å². The lowest BCUT2D eigenvalue weighted by atomic mass is 10.0. The number of amides is 2. The highest BCUT2D eigenvalue weighted by Gasteiger charge is 2.24. The number of benzene rings is 3. The van der Waals surface area contributed by atoms with Crippen molar-refractivity contribution in [2.75, 3.05) is 5.32 Å². The van der Waals surface area contributed by atoms with E-state index in [-0.39, 0.29) is 5.91 Å². The van der Waals surface area contributed by atoms with Crippen molar-refractivity contribution in [2.45, 2.75) is 26.3 Å². The van der Waals surface area contributed by atoms with Gasteiger partial charge in [-0.15, -0.1) is 0 Å². The average molecular weight is 428 g/mol. The highest BCUT2D eigenvalue weighted by atomic mass is 16.6. The quantitative estimate of drug-likeness (QED) is 0.399. The van der Waals surface area contributed by atoms with E-state index in [0.29, 0.717) is 17.9 Å². The number of para-hydroxylation sites is 2. The lowest BCUT2D eigenvalue weighted by Gasteiger charge is -2.18. The molecule has 0 radical (unpaired) electrons. The van der Waals surface area contributed by atoms with Gasteiger partial charge in [0.05, 0.1) is 0 Å². The van der Waals surface area contributed by atoms with E-state index in [1.807, 2.05) is 68.6 Å². The summed E-state index contributed by atoms with van der Waals surface area (Å²) in [5, 5.41) is 6.66. The van der Waals surface area contributed by atoms with E-state index >= 15 is 0 Å². The van der Waals surface area contributed by atoms with Gasteiger partial charge in [-0.1, -0.05) is 42.5 Å². The number of fused-ring (bicyclic) bond motifs is 1. The number of carbonyl (C=O) groups excluding carboxylic acids is 2. The molecule has 6 heteroatoms. The minimum absolute atomic E-state index is 0.310. The van der Waals surface area contributed by atoms with Crippen molar-refractivity contribution in [1.82, 2.24) is 10.3 Å². The summed E-state index contributed by atoms with van der Waals surface area (Å²) in [7, 11) is 0. The van der Waals surface area contributed by atoms with Gasteiger partial charge in [0.2, 0.25) is 5.91 Å². The van der Waals surface area contributed by atoms with Crippen molar-refractivity contribution in [3.05, 3.63) is 95.7 Å². The van der Waals surface area contributed by atoms with Gasteiger partial charge in [0.15, 0.2) is 0 Å². The summed E-state index contributed by atoms with van der Waals surface area (Å²) in [5.74, 6) is 0.0916. The molecule has 0 aliphatic rings. The van der Waals surface area contributed by atoms with Gasteiger partial charge in [-0.25, -0.2) is 4.79 Å². The zero-order chi connectivity index (χ0) is 22.5. The Morgan fingerprint density at radius 2 is 1.69 bits per heavy atom. The fourth-order valence-electron chi connectivity index (χ4n) is 3.55. The van der Waals surface area contributed by atoms with Gasteiger partial charge in [0, 0.05) is 29.2 Å². The van der Waals surface area contributed by atoms with Crippen LogP contribution in [0.4, 0.5) is 10.5 Å². The van der Waals surface area contributed by atoms with Crippen LogP contribution in [0, 0.1) is 13.8 Å². The van der Waals surface area contributed by atoms with Crippen molar-refractivity contribution in [3.8, 4) is 5.75 Å². The van der Waals surface area contributed by atoms with Gasteiger partial charge in [-0.2, -0.15) is 0 Å². The molecule has 0 aliphatic heterocycles. The van der Waals surface area contributed by atoms with E-state index < -0.39 is 12.1 Å². The number of carbonyl (C=O) groups is 2. The summed E-state index contributed by atoms with van der Waals surface area (Å²) in [5.41, 5.74) is 4.80. The molecular weight excluding hydrogens is 402 g/mol. The maximum atomic E-state index is 13.2. The fraction of sp³-hybridized carbons (Fsp3) is 0.154. The Balaban J connectivity index is 1.55. The maximum absolute atomic E-state index is 13.2. The topological polar surface area (TPSA) is 83.2 Å². The molecule has 4 aromatic rings. The second-order valence-corrected chi connectivity index (χ2v) is 7.75. The summed E-state index contributed by atoms with van der Waals surface area (Å²) in [6, 6.07) is 21.5. The molecule has 1 heterocycles. The molecule has 2 amide bonds. The van der Waals surface area contributed by atoms with Crippen LogP contribution in [0.5, 0.6) is 5.75 Å². The van der Waals surface area contributed by atoms with Crippen molar-refractivity contribution < 1.29 is 14.3 Å². The molecule has 1 atom stereocenters. The van der Waals surface area contributed by atoms with Crippen molar-refractivity contribution in [1.29, 1.82) is 0 Å². The Bertz CT molecular complexity index is 1250. The van der Waals surface area contributed by atoms with E-state index in [1.54, 1.807) is 24.3 Å². The van der Waals surface area contributed by atoms with Gasteiger partial charge < -0.3 is 20.4 Å². The smallest absolute Gasteiger partial charge is 0.410 e. The third-order valence-electron chi connectivity index (χ3n) is 5.44. The molecule has 0 unspecified atom stereocenters. The third kappa shape index (κ3) is 4.98. The lowest BCUT2D eigenvalue weighted by molar-refractivity contribution is -0.118. The predicted octanol–water partition coefficient (Wildman–Crippen LogP) is 5.12. The number of aromatic nitrogens is 1. The number of rotatable bonds is 6. The largest absolute Gasteiger partial charge is 0.413 e. The van der Waals surface area contributed by atoms with Crippen LogP contribution in [0.1, 0.15) is 16.7 Å². The Morgan fingerprint density at radius 3 is 2.47 bits per heavy atom. The van der Waals surface area contributed by atoms with Crippen LogP contribution < -0.4 is 15.4 Å². The molecule has 0 bridgehead atoms. The lowest BCUT2D eigenvalue weighted by Crippen LogP contribution is -2.46. The number of nitrogens with one attached hydrogen (secondary N) is 3. The molecule has 1 aromatic heterocycles. The molecule has 162 valence electrons. The molecule has 4 rings (SSSR count). The zero-order valence-corrected chi connectivity index (χ0v) is 18.0. The van der Waals surface area contributed by atoms with Crippen LogP contribution in [-0.2, 0) is 11.2 Å². The number of hydrogen-bond donors (Lipinski definition) is 3. The minimum atomic E-state index is -0.827. The van der Waals surface area contributed by atoms with Crippen LogP contribution in [0.25, 0.3) is 10.9 Å². The Hall–Kier alpha value is -4.06. The number of anilines is 1. The number of hydrogen-bond acceptors (Lipinski definition) is 3. The highest BCUT2D eigenvalue weighted by Crippen LogP contribution is 2.20. The van der Waals surface area contributed by atoms with Crippen molar-refractivity contribution >= 4 is 28.6 Å². The van der Waals surface area contributed by atoms with E-state index in [9.17, 15) is 9.59 Å². The van der Waals surface area contributed by atoms with Crippen LogP contribution in [-0.4, -0.2) is 23.0 Å². The second kappa shape index (κ2) is 9.39. The average Bonchev–Trinajstić information content (AvgIpc) is 3.19. The highest BCUT2D eigenvalue weighted by molar-refractivity contribution is 5.97. The summed E-state index contributed by atoms with van der Waals surface area (Å²) < 4.78 is 5.35. The molecule has 0 spiro atoms. The monoisotopic (exact) mass is 427 g/mol. The normalized spacial score (nSPS) is 11.7. The first kappa shape index (κ1) is 21.2. The molecular formula is C26H25N3O3. The number of aromatic amines is 1. The summed E-state index contributed by atoms with van der Waals surface area (Å²) >= 11 is 0. The number of aryl methyl sites for hydroxylation is 2. The van der Waals surface area contributed by atoms with Gasteiger partial charge >= 0.3 is 6.09 Å². The summed E-state index contributed by atoms with van der Waals surface area (Å²) in [4.78, 5) is 28.9. The maximum Gasteiger partial charge on any atom is 0.413 e. The van der Waals surface area contributed by atoms with Crippen molar-refractivity contribution in [3.63, 3.8) is 0 Å². The standard InChI is InChI=1S/C26H25N3O3/c1-17-12-13-20(14-18(17)2)28-25(30)24(29-26(31)32-21-8-4-3-5-9-21)15-19-16-27-23-11-7-6-10-22(19)23/h3-14,16,24,27H,15H2,1-2H3,(H,28,30)(H,29,31)/t24-/m0/s1. The third-order valence-corrected chi connectivity index (χ3v) is 5.44. The van der Waals surface area contributed by atoms with Gasteiger partial charge in [0.1, 0.15) is 11.8 Å².